The highest BCUT2D eigenvalue weighted by atomic mass is 28.4. The van der Waals surface area contributed by atoms with Crippen molar-refractivity contribution in [3.63, 3.8) is 0 Å². The van der Waals surface area contributed by atoms with Crippen LogP contribution in [0.4, 0.5) is 0 Å². The third kappa shape index (κ3) is 7.96. The molecule has 2 atom stereocenters. The fraction of sp³-hybridized carbons (Fsp3) is 0.524. The van der Waals surface area contributed by atoms with Crippen LogP contribution in [0, 0.1) is 0 Å². The third-order valence-corrected chi connectivity index (χ3v) is 9.36. The molecule has 1 rings (SSSR count). The van der Waals surface area contributed by atoms with E-state index in [1.54, 1.807) is 0 Å². The molecule has 0 aliphatic rings. The van der Waals surface area contributed by atoms with Crippen LogP contribution in [0.15, 0.2) is 42.7 Å². The maximum absolute atomic E-state index is 11.7. The molecule has 0 aliphatic heterocycles. The molecule has 0 saturated carbocycles. The Morgan fingerprint density at radius 3 is 2.36 bits per heavy atom. The maximum atomic E-state index is 11.7. The predicted octanol–water partition coefficient (Wildman–Crippen LogP) is 3.86. The average molecular weight is 409 g/mol. The first kappa shape index (κ1) is 24.1. The van der Waals surface area contributed by atoms with E-state index in [1.807, 2.05) is 30.3 Å². The summed E-state index contributed by atoms with van der Waals surface area (Å²) in [5.74, 6) is -0.545. The van der Waals surface area contributed by atoms with Gasteiger partial charge >= 0.3 is 5.97 Å². The second-order valence-corrected chi connectivity index (χ2v) is 12.8. The normalized spacial score (nSPS) is 14.5. The van der Waals surface area contributed by atoms with Gasteiger partial charge in [0.15, 0.2) is 26.8 Å². The Kier molecular flexibility index (Phi) is 9.58. The molecule has 6 nitrogen and oxygen atoms in total. The van der Waals surface area contributed by atoms with Gasteiger partial charge in [-0.15, -0.1) is 0 Å². The fourth-order valence-electron chi connectivity index (χ4n) is 1.98. The van der Waals surface area contributed by atoms with Gasteiger partial charge in [0.05, 0.1) is 32.7 Å². The summed E-state index contributed by atoms with van der Waals surface area (Å²) in [4.78, 5) is 23.0. The Morgan fingerprint density at radius 1 is 1.18 bits per heavy atom. The van der Waals surface area contributed by atoms with E-state index in [2.05, 4.69) is 38.6 Å². The molecule has 156 valence electrons. The minimum absolute atomic E-state index is 0.0149. The van der Waals surface area contributed by atoms with Gasteiger partial charge in [-0.05, 0) is 23.7 Å². The highest BCUT2D eigenvalue weighted by Crippen LogP contribution is 2.36. The number of aldehydes is 1. The van der Waals surface area contributed by atoms with E-state index in [0.29, 0.717) is 6.29 Å². The first-order valence-electron chi connectivity index (χ1n) is 9.25. The van der Waals surface area contributed by atoms with Crippen molar-refractivity contribution in [2.24, 2.45) is 0 Å². The molecule has 1 aromatic rings. The lowest BCUT2D eigenvalue weighted by atomic mass is 10.2. The molecule has 0 amide bonds. The van der Waals surface area contributed by atoms with Crippen molar-refractivity contribution in [1.29, 1.82) is 0 Å². The molecule has 0 unspecified atom stereocenters. The van der Waals surface area contributed by atoms with Crippen LogP contribution in [0.1, 0.15) is 26.3 Å². The topological polar surface area (TPSA) is 71.1 Å². The lowest BCUT2D eigenvalue weighted by Crippen LogP contribution is -2.45. The third-order valence-electron chi connectivity index (χ3n) is 4.86. The largest absolute Gasteiger partial charge is 0.492 e. The number of benzene rings is 1. The zero-order chi connectivity index (χ0) is 21.2. The molecule has 0 spiro atoms. The van der Waals surface area contributed by atoms with Crippen molar-refractivity contribution < 1.29 is 28.2 Å². The smallest absolute Gasteiger partial charge is 0.333 e. The summed E-state index contributed by atoms with van der Waals surface area (Å²) < 4.78 is 22.1. The number of methoxy groups -OCH3 is 1. The first-order valence-corrected chi connectivity index (χ1v) is 12.2. The molecule has 0 aromatic heterocycles. The molecule has 7 heteroatoms. The first-order chi connectivity index (χ1) is 13.1. The van der Waals surface area contributed by atoms with E-state index in [4.69, 9.17) is 13.9 Å². The lowest BCUT2D eigenvalue weighted by Gasteiger charge is -2.37. The van der Waals surface area contributed by atoms with Crippen LogP contribution in [0.3, 0.4) is 0 Å². The number of hydrogen-bond acceptors (Lipinski definition) is 6. The van der Waals surface area contributed by atoms with Crippen molar-refractivity contribution in [2.75, 3.05) is 13.7 Å². The number of hydrogen-bond donors (Lipinski definition) is 0. The SMILES string of the molecule is COC(=O)/C=C/O[C@@H](CO[Si](C)(C)C(C)(C)C)[C@H](C=O)OCc1ccccc1. The summed E-state index contributed by atoms with van der Waals surface area (Å²) in [6, 6.07) is 9.56. The zero-order valence-corrected chi connectivity index (χ0v) is 18.6. The second-order valence-electron chi connectivity index (χ2n) is 7.97. The Morgan fingerprint density at radius 2 is 1.82 bits per heavy atom. The van der Waals surface area contributed by atoms with E-state index in [1.165, 1.54) is 13.4 Å². The summed E-state index contributed by atoms with van der Waals surface area (Å²) in [5.41, 5.74) is 0.948. The van der Waals surface area contributed by atoms with Crippen molar-refractivity contribution in [1.82, 2.24) is 0 Å². The number of rotatable bonds is 11. The molecule has 0 aliphatic carbocycles. The van der Waals surface area contributed by atoms with Crippen LogP contribution >= 0.6 is 0 Å². The van der Waals surface area contributed by atoms with Gasteiger partial charge in [-0.3, -0.25) is 0 Å². The second kappa shape index (κ2) is 11.1. The van der Waals surface area contributed by atoms with E-state index < -0.39 is 26.5 Å². The van der Waals surface area contributed by atoms with E-state index in [0.717, 1.165) is 11.6 Å². The highest BCUT2D eigenvalue weighted by molar-refractivity contribution is 6.74. The van der Waals surface area contributed by atoms with Gasteiger partial charge < -0.3 is 23.4 Å². The standard InChI is InChI=1S/C21H32O6Si/c1-21(2,3)28(5,6)27-16-19(25-13-12-20(23)24-4)18(14-22)26-15-17-10-8-7-9-11-17/h7-14,18-19H,15-16H2,1-6H3/b13-12+/t18-,19-/m0/s1. The fourth-order valence-corrected chi connectivity index (χ4v) is 3.00. The highest BCUT2D eigenvalue weighted by Gasteiger charge is 2.38. The molecule has 0 bridgehead atoms. The van der Waals surface area contributed by atoms with Crippen molar-refractivity contribution in [3.8, 4) is 0 Å². The van der Waals surface area contributed by atoms with Crippen LogP contribution in [0.5, 0.6) is 0 Å². The van der Waals surface area contributed by atoms with Gasteiger partial charge in [0.25, 0.3) is 0 Å². The van der Waals surface area contributed by atoms with Crippen LogP contribution < -0.4 is 0 Å². The molecule has 0 saturated heterocycles. The number of ether oxygens (including phenoxy) is 3. The Hall–Kier alpha value is -1.96. The van der Waals surface area contributed by atoms with Gasteiger partial charge in [-0.1, -0.05) is 51.1 Å². The Labute approximate surface area is 168 Å². The summed E-state index contributed by atoms with van der Waals surface area (Å²) >= 11 is 0. The molecule has 1 aromatic carbocycles. The number of carbonyl (C=O) groups is 2. The van der Waals surface area contributed by atoms with Gasteiger partial charge in [-0.25, -0.2) is 4.79 Å². The summed E-state index contributed by atoms with van der Waals surface area (Å²) in [5, 5.41) is 0.0149. The maximum Gasteiger partial charge on any atom is 0.333 e. The minimum atomic E-state index is -2.05. The predicted molar refractivity (Wildman–Crippen MR) is 110 cm³/mol. The molecule has 28 heavy (non-hydrogen) atoms. The summed E-state index contributed by atoms with van der Waals surface area (Å²) in [6.45, 7) is 11.1. The van der Waals surface area contributed by atoms with Crippen LogP contribution in [-0.4, -0.2) is 46.5 Å². The molecular formula is C21H32O6Si. The quantitative estimate of drug-likeness (QED) is 0.182. The Balaban J connectivity index is 2.85. The minimum Gasteiger partial charge on any atom is -0.492 e. The van der Waals surface area contributed by atoms with Gasteiger partial charge in [0, 0.05) is 0 Å². The molecule has 0 heterocycles. The summed E-state index contributed by atoms with van der Waals surface area (Å²) in [6.07, 6.45) is 1.55. The monoisotopic (exact) mass is 408 g/mol. The molecular weight excluding hydrogens is 376 g/mol. The zero-order valence-electron chi connectivity index (χ0n) is 17.6. The van der Waals surface area contributed by atoms with Crippen molar-refractivity contribution in [3.05, 3.63) is 48.2 Å². The van der Waals surface area contributed by atoms with Crippen LogP contribution in [0.25, 0.3) is 0 Å². The van der Waals surface area contributed by atoms with Gasteiger partial charge in [-0.2, -0.15) is 0 Å². The Bertz CT molecular complexity index is 636. The molecule has 0 radical (unpaired) electrons. The van der Waals surface area contributed by atoms with Gasteiger partial charge in [0.1, 0.15) is 0 Å². The molecule has 0 fully saturated rings. The van der Waals surface area contributed by atoms with Gasteiger partial charge in [0.2, 0.25) is 0 Å². The summed E-state index contributed by atoms with van der Waals surface area (Å²) in [7, 11) is -0.769. The average Bonchev–Trinajstić information content (AvgIpc) is 2.65. The van der Waals surface area contributed by atoms with E-state index in [9.17, 15) is 9.59 Å². The molecule has 0 N–H and O–H groups in total. The number of esters is 1. The van der Waals surface area contributed by atoms with E-state index in [-0.39, 0.29) is 18.3 Å². The van der Waals surface area contributed by atoms with Crippen LogP contribution in [0.2, 0.25) is 18.1 Å². The lowest BCUT2D eigenvalue weighted by molar-refractivity contribution is -0.135. The van der Waals surface area contributed by atoms with Crippen molar-refractivity contribution >= 4 is 20.6 Å². The number of carbonyl (C=O) groups excluding carboxylic acids is 2. The van der Waals surface area contributed by atoms with Crippen LogP contribution in [-0.2, 0) is 34.8 Å². The van der Waals surface area contributed by atoms with Crippen molar-refractivity contribution in [2.45, 2.75) is 57.7 Å². The van der Waals surface area contributed by atoms with E-state index >= 15 is 0 Å².